The molecule has 0 aromatic heterocycles. The lowest BCUT2D eigenvalue weighted by Gasteiger charge is -2.34. The summed E-state index contributed by atoms with van der Waals surface area (Å²) in [6, 6.07) is 0. The maximum absolute atomic E-state index is 5.44. The number of nitrogens with zero attached hydrogens (tertiary/aromatic N) is 1. The van der Waals surface area contributed by atoms with Crippen LogP contribution in [0.4, 0.5) is 0 Å². The summed E-state index contributed by atoms with van der Waals surface area (Å²) in [4.78, 5) is 0. The largest absolute Gasteiger partial charge is 1.00 e. The zero-order valence-corrected chi connectivity index (χ0v) is 9.52. The first kappa shape index (κ1) is 14.7. The standard InChI is InChI=1S/C9H22NO.ClH/c1-5-10(6-2,7-3)9-11-8-4;/h5-9H2,1-4H3;1H/q+1;/p-1. The minimum Gasteiger partial charge on any atom is -1.00 e. The Kier molecular flexibility index (Phi) is 9.61. The third-order valence-corrected chi connectivity index (χ3v) is 2.58. The van der Waals surface area contributed by atoms with E-state index in [1.807, 2.05) is 0 Å². The Labute approximate surface area is 82.9 Å². The number of halogens is 1. The molecule has 0 fully saturated rings. The summed E-state index contributed by atoms with van der Waals surface area (Å²) in [5, 5.41) is 0. The summed E-state index contributed by atoms with van der Waals surface area (Å²) >= 11 is 0. The van der Waals surface area contributed by atoms with Crippen molar-refractivity contribution in [2.45, 2.75) is 27.7 Å². The Morgan fingerprint density at radius 3 is 1.58 bits per heavy atom. The molecular formula is C9H22ClNO. The summed E-state index contributed by atoms with van der Waals surface area (Å²) in [5.74, 6) is 0. The van der Waals surface area contributed by atoms with Crippen molar-refractivity contribution in [3.05, 3.63) is 0 Å². The van der Waals surface area contributed by atoms with Gasteiger partial charge >= 0.3 is 0 Å². The highest BCUT2D eigenvalue weighted by Crippen LogP contribution is 2.04. The quantitative estimate of drug-likeness (QED) is 0.385. The van der Waals surface area contributed by atoms with E-state index in [0.717, 1.165) is 17.8 Å². The highest BCUT2D eigenvalue weighted by Gasteiger charge is 2.19. The van der Waals surface area contributed by atoms with Gasteiger partial charge in [0.25, 0.3) is 0 Å². The SMILES string of the molecule is CCOC[N+](CC)(CC)CC.[Cl-]. The summed E-state index contributed by atoms with van der Waals surface area (Å²) in [6.07, 6.45) is 0. The maximum Gasteiger partial charge on any atom is 0.183 e. The van der Waals surface area contributed by atoms with Crippen LogP contribution in [-0.4, -0.2) is 37.5 Å². The van der Waals surface area contributed by atoms with E-state index in [4.69, 9.17) is 4.74 Å². The molecule has 0 spiro atoms. The fraction of sp³-hybridized carbons (Fsp3) is 1.00. The molecule has 0 aliphatic carbocycles. The molecule has 0 amide bonds. The van der Waals surface area contributed by atoms with Gasteiger partial charge < -0.3 is 21.6 Å². The van der Waals surface area contributed by atoms with Gasteiger partial charge in [0.15, 0.2) is 6.73 Å². The number of quaternary nitrogens is 1. The van der Waals surface area contributed by atoms with Crippen molar-refractivity contribution in [1.82, 2.24) is 0 Å². The molecule has 0 aromatic carbocycles. The van der Waals surface area contributed by atoms with Crippen LogP contribution in [0.3, 0.4) is 0 Å². The first-order valence-electron chi connectivity index (χ1n) is 4.67. The maximum atomic E-state index is 5.44. The van der Waals surface area contributed by atoms with E-state index in [1.165, 1.54) is 19.6 Å². The van der Waals surface area contributed by atoms with E-state index in [2.05, 4.69) is 27.7 Å². The van der Waals surface area contributed by atoms with E-state index in [1.54, 1.807) is 0 Å². The predicted octanol–water partition coefficient (Wildman–Crippen LogP) is -1.14. The van der Waals surface area contributed by atoms with E-state index in [0.29, 0.717) is 0 Å². The highest BCUT2D eigenvalue weighted by atomic mass is 35.5. The molecule has 0 N–H and O–H groups in total. The van der Waals surface area contributed by atoms with Gasteiger partial charge in [-0.3, -0.25) is 0 Å². The molecule has 12 heavy (non-hydrogen) atoms. The van der Waals surface area contributed by atoms with Crippen molar-refractivity contribution in [2.75, 3.05) is 33.0 Å². The lowest BCUT2D eigenvalue weighted by molar-refractivity contribution is -0.941. The van der Waals surface area contributed by atoms with Gasteiger partial charge in [0.1, 0.15) is 0 Å². The second-order valence-corrected chi connectivity index (χ2v) is 2.91. The monoisotopic (exact) mass is 195 g/mol. The molecule has 0 rings (SSSR count). The van der Waals surface area contributed by atoms with Crippen LogP contribution < -0.4 is 12.4 Å². The van der Waals surface area contributed by atoms with E-state index in [9.17, 15) is 0 Å². The van der Waals surface area contributed by atoms with Crippen LogP contribution in [0.5, 0.6) is 0 Å². The molecule has 76 valence electrons. The van der Waals surface area contributed by atoms with Gasteiger partial charge in [0, 0.05) is 6.61 Å². The highest BCUT2D eigenvalue weighted by molar-refractivity contribution is 4.29. The fourth-order valence-electron chi connectivity index (χ4n) is 1.23. The molecule has 0 atom stereocenters. The molecule has 3 heteroatoms. The minimum absolute atomic E-state index is 0. The lowest BCUT2D eigenvalue weighted by atomic mass is 10.4. The second kappa shape index (κ2) is 7.84. The Balaban J connectivity index is 0. The summed E-state index contributed by atoms with van der Waals surface area (Å²) in [5.41, 5.74) is 0. The summed E-state index contributed by atoms with van der Waals surface area (Å²) in [7, 11) is 0. The Hall–Kier alpha value is 0.210. The van der Waals surface area contributed by atoms with Crippen molar-refractivity contribution in [3.8, 4) is 0 Å². The van der Waals surface area contributed by atoms with Crippen LogP contribution in [-0.2, 0) is 4.74 Å². The molecule has 0 aliphatic rings. The van der Waals surface area contributed by atoms with Crippen molar-refractivity contribution < 1.29 is 21.6 Å². The smallest absolute Gasteiger partial charge is 0.183 e. The van der Waals surface area contributed by atoms with Crippen LogP contribution in [0.1, 0.15) is 27.7 Å². The molecule has 0 unspecified atom stereocenters. The molecule has 0 heterocycles. The Bertz CT molecular complexity index is 86.3. The van der Waals surface area contributed by atoms with Crippen LogP contribution in [0.25, 0.3) is 0 Å². The fourth-order valence-corrected chi connectivity index (χ4v) is 1.23. The topological polar surface area (TPSA) is 9.23 Å². The van der Waals surface area contributed by atoms with Crippen LogP contribution in [0.15, 0.2) is 0 Å². The van der Waals surface area contributed by atoms with E-state index < -0.39 is 0 Å². The van der Waals surface area contributed by atoms with Crippen molar-refractivity contribution >= 4 is 0 Å². The van der Waals surface area contributed by atoms with E-state index >= 15 is 0 Å². The first-order chi connectivity index (χ1) is 5.24. The van der Waals surface area contributed by atoms with Crippen LogP contribution >= 0.6 is 0 Å². The van der Waals surface area contributed by atoms with Gasteiger partial charge in [-0.05, 0) is 27.7 Å². The third kappa shape index (κ3) is 4.29. The van der Waals surface area contributed by atoms with Gasteiger partial charge in [-0.25, -0.2) is 0 Å². The molecule has 2 nitrogen and oxygen atoms in total. The average molecular weight is 196 g/mol. The molecule has 0 radical (unpaired) electrons. The molecule has 0 aliphatic heterocycles. The van der Waals surface area contributed by atoms with Gasteiger partial charge in [0.2, 0.25) is 0 Å². The molecule has 0 bridgehead atoms. The number of ether oxygens (including phenoxy) is 1. The van der Waals surface area contributed by atoms with Gasteiger partial charge in [0.05, 0.1) is 19.6 Å². The van der Waals surface area contributed by atoms with Crippen LogP contribution in [0, 0.1) is 0 Å². The second-order valence-electron chi connectivity index (χ2n) is 2.91. The molecular weight excluding hydrogens is 174 g/mol. The number of rotatable bonds is 6. The van der Waals surface area contributed by atoms with E-state index in [-0.39, 0.29) is 12.4 Å². The summed E-state index contributed by atoms with van der Waals surface area (Å²) in [6.45, 7) is 14.0. The van der Waals surface area contributed by atoms with Crippen molar-refractivity contribution in [3.63, 3.8) is 0 Å². The Morgan fingerprint density at radius 2 is 1.33 bits per heavy atom. The van der Waals surface area contributed by atoms with Crippen molar-refractivity contribution in [1.29, 1.82) is 0 Å². The number of hydrogen-bond donors (Lipinski definition) is 0. The molecule has 0 saturated heterocycles. The van der Waals surface area contributed by atoms with Gasteiger partial charge in [-0.2, -0.15) is 0 Å². The zero-order chi connectivity index (χ0) is 8.74. The average Bonchev–Trinajstić information content (AvgIpc) is 2.08. The van der Waals surface area contributed by atoms with Crippen LogP contribution in [0.2, 0.25) is 0 Å². The minimum atomic E-state index is 0. The van der Waals surface area contributed by atoms with Gasteiger partial charge in [-0.15, -0.1) is 0 Å². The predicted molar refractivity (Wildman–Crippen MR) is 48.4 cm³/mol. The summed E-state index contributed by atoms with van der Waals surface area (Å²) < 4.78 is 6.54. The third-order valence-electron chi connectivity index (χ3n) is 2.58. The van der Waals surface area contributed by atoms with Gasteiger partial charge in [-0.1, -0.05) is 0 Å². The Morgan fingerprint density at radius 1 is 0.917 bits per heavy atom. The first-order valence-corrected chi connectivity index (χ1v) is 4.67. The van der Waals surface area contributed by atoms with Crippen molar-refractivity contribution in [2.24, 2.45) is 0 Å². The molecule has 0 saturated carbocycles. The normalized spacial score (nSPS) is 11.0. The number of hydrogen-bond acceptors (Lipinski definition) is 1. The lowest BCUT2D eigenvalue weighted by Crippen LogP contribution is -3.00. The molecule has 0 aromatic rings. The zero-order valence-electron chi connectivity index (χ0n) is 8.77.